The van der Waals surface area contributed by atoms with Crippen LogP contribution in [0.4, 0.5) is 0 Å². The van der Waals surface area contributed by atoms with Gasteiger partial charge in [-0.3, -0.25) is 14.4 Å². The summed E-state index contributed by atoms with van der Waals surface area (Å²) in [4.78, 5) is 36.5. The Bertz CT molecular complexity index is 540. The van der Waals surface area contributed by atoms with Crippen LogP contribution in [0.1, 0.15) is 58.3 Å². The second-order valence-corrected chi connectivity index (χ2v) is 7.39. The maximum absolute atomic E-state index is 12.5. The van der Waals surface area contributed by atoms with E-state index in [1.807, 2.05) is 12.2 Å². The summed E-state index contributed by atoms with van der Waals surface area (Å²) in [6, 6.07) is 0. The predicted molar refractivity (Wildman–Crippen MR) is 96.1 cm³/mol. The highest BCUT2D eigenvalue weighted by molar-refractivity contribution is 5.86. The second-order valence-electron chi connectivity index (χ2n) is 7.39. The molecule has 0 spiro atoms. The third-order valence-corrected chi connectivity index (χ3v) is 5.07. The van der Waals surface area contributed by atoms with Gasteiger partial charge in [0.25, 0.3) is 0 Å². The number of allylic oxidation sites excluding steroid dienone is 2. The summed E-state index contributed by atoms with van der Waals surface area (Å²) in [7, 11) is 0. The van der Waals surface area contributed by atoms with Crippen molar-refractivity contribution < 1.29 is 24.2 Å². The van der Waals surface area contributed by atoms with E-state index in [1.54, 1.807) is 6.92 Å². The van der Waals surface area contributed by atoms with Crippen molar-refractivity contribution in [2.45, 2.75) is 69.9 Å². The molecule has 2 atom stereocenters. The van der Waals surface area contributed by atoms with Crippen molar-refractivity contribution in [3.8, 4) is 0 Å². The molecule has 1 saturated carbocycles. The number of hydrogen-bond donors (Lipinski definition) is 3. The van der Waals surface area contributed by atoms with Gasteiger partial charge in [-0.15, -0.1) is 0 Å². The molecule has 1 fully saturated rings. The van der Waals surface area contributed by atoms with E-state index in [2.05, 4.69) is 10.6 Å². The standard InChI is InChI=1S/C19H30N2O5/c1-14-12-20-18(25)15(7-3-2-4-8-17(24)26-14)11-16(23)21-19(13-22)9-5-6-10-19/h2-3,14-15,22H,4-13H2,1H3,(H,20,25)(H,21,23). The fourth-order valence-electron chi connectivity index (χ4n) is 3.52. The molecule has 1 aliphatic carbocycles. The number of nitrogens with one attached hydrogen (secondary N) is 2. The summed E-state index contributed by atoms with van der Waals surface area (Å²) in [5.74, 6) is -1.19. The lowest BCUT2D eigenvalue weighted by Crippen LogP contribution is -2.50. The van der Waals surface area contributed by atoms with Gasteiger partial charge in [-0.25, -0.2) is 0 Å². The highest BCUT2D eigenvalue weighted by Gasteiger charge is 2.35. The number of carbonyl (C=O) groups excluding carboxylic acids is 3. The fraction of sp³-hybridized carbons (Fsp3) is 0.737. The molecule has 7 nitrogen and oxygen atoms in total. The van der Waals surface area contributed by atoms with Crippen LogP contribution in [-0.2, 0) is 19.1 Å². The normalized spacial score (nSPS) is 27.0. The summed E-state index contributed by atoms with van der Waals surface area (Å²) in [6.07, 6.45) is 8.18. The number of rotatable bonds is 4. The Morgan fingerprint density at radius 2 is 2.08 bits per heavy atom. The first-order chi connectivity index (χ1) is 12.4. The van der Waals surface area contributed by atoms with Crippen molar-refractivity contribution in [2.75, 3.05) is 13.2 Å². The highest BCUT2D eigenvalue weighted by atomic mass is 16.5. The van der Waals surface area contributed by atoms with E-state index in [0.29, 0.717) is 19.3 Å². The Morgan fingerprint density at radius 3 is 2.77 bits per heavy atom. The molecule has 1 aliphatic heterocycles. The van der Waals surface area contributed by atoms with Gasteiger partial charge < -0.3 is 20.5 Å². The van der Waals surface area contributed by atoms with Crippen LogP contribution in [0.2, 0.25) is 0 Å². The molecule has 2 rings (SSSR count). The maximum Gasteiger partial charge on any atom is 0.306 e. The number of cyclic esters (lactones) is 1. The van der Waals surface area contributed by atoms with Crippen LogP contribution in [0.3, 0.4) is 0 Å². The average Bonchev–Trinajstić information content (AvgIpc) is 3.06. The number of carbonyl (C=O) groups is 3. The minimum absolute atomic E-state index is 0.0710. The van der Waals surface area contributed by atoms with Crippen LogP contribution in [-0.4, -0.2) is 47.7 Å². The summed E-state index contributed by atoms with van der Waals surface area (Å²) in [5, 5.41) is 15.3. The van der Waals surface area contributed by atoms with E-state index in [4.69, 9.17) is 4.74 Å². The van der Waals surface area contributed by atoms with Gasteiger partial charge >= 0.3 is 5.97 Å². The van der Waals surface area contributed by atoms with E-state index in [9.17, 15) is 19.5 Å². The van der Waals surface area contributed by atoms with Gasteiger partial charge in [-0.1, -0.05) is 25.0 Å². The molecule has 0 radical (unpaired) electrons. The smallest absolute Gasteiger partial charge is 0.306 e. The Balaban J connectivity index is 1.97. The fourth-order valence-corrected chi connectivity index (χ4v) is 3.52. The van der Waals surface area contributed by atoms with Crippen molar-refractivity contribution in [1.82, 2.24) is 10.6 Å². The summed E-state index contributed by atoms with van der Waals surface area (Å²) in [5.41, 5.74) is -0.530. The third kappa shape index (κ3) is 6.12. The summed E-state index contributed by atoms with van der Waals surface area (Å²) < 4.78 is 5.21. The first kappa shape index (κ1) is 20.4. The van der Waals surface area contributed by atoms with Gasteiger partial charge in [0, 0.05) is 12.8 Å². The van der Waals surface area contributed by atoms with Crippen LogP contribution in [0.25, 0.3) is 0 Å². The molecule has 0 aromatic carbocycles. The van der Waals surface area contributed by atoms with E-state index in [-0.39, 0.29) is 37.4 Å². The summed E-state index contributed by atoms with van der Waals surface area (Å²) >= 11 is 0. The van der Waals surface area contributed by atoms with Crippen molar-refractivity contribution in [1.29, 1.82) is 0 Å². The van der Waals surface area contributed by atoms with Crippen molar-refractivity contribution >= 4 is 17.8 Å². The van der Waals surface area contributed by atoms with Gasteiger partial charge in [0.15, 0.2) is 0 Å². The van der Waals surface area contributed by atoms with Crippen LogP contribution in [0, 0.1) is 5.92 Å². The zero-order chi connectivity index (χ0) is 19.0. The summed E-state index contributed by atoms with van der Waals surface area (Å²) in [6.45, 7) is 1.89. The van der Waals surface area contributed by atoms with Crippen LogP contribution >= 0.6 is 0 Å². The number of ether oxygens (including phenoxy) is 1. The molecule has 26 heavy (non-hydrogen) atoms. The number of hydrogen-bond acceptors (Lipinski definition) is 5. The molecule has 2 aliphatic rings. The molecule has 2 unspecified atom stereocenters. The molecule has 0 saturated heterocycles. The van der Waals surface area contributed by atoms with Gasteiger partial charge in [0.1, 0.15) is 6.10 Å². The van der Waals surface area contributed by atoms with Gasteiger partial charge in [0.05, 0.1) is 24.6 Å². The second kappa shape index (κ2) is 9.71. The zero-order valence-electron chi connectivity index (χ0n) is 15.5. The van der Waals surface area contributed by atoms with Crippen molar-refractivity contribution in [3.05, 3.63) is 12.2 Å². The number of aliphatic hydroxyl groups is 1. The van der Waals surface area contributed by atoms with E-state index < -0.39 is 17.6 Å². The van der Waals surface area contributed by atoms with E-state index >= 15 is 0 Å². The first-order valence-electron chi connectivity index (χ1n) is 9.48. The molecule has 0 aromatic rings. The lowest BCUT2D eigenvalue weighted by atomic mass is 9.95. The van der Waals surface area contributed by atoms with Crippen molar-refractivity contribution in [2.24, 2.45) is 5.92 Å². The third-order valence-electron chi connectivity index (χ3n) is 5.07. The number of aliphatic hydroxyl groups excluding tert-OH is 1. The van der Waals surface area contributed by atoms with E-state index in [1.165, 1.54) is 0 Å². The molecule has 7 heteroatoms. The van der Waals surface area contributed by atoms with Crippen LogP contribution < -0.4 is 10.6 Å². The first-order valence-corrected chi connectivity index (χ1v) is 9.48. The van der Waals surface area contributed by atoms with Gasteiger partial charge in [0.2, 0.25) is 11.8 Å². The van der Waals surface area contributed by atoms with Gasteiger partial charge in [-0.05, 0) is 32.6 Å². The zero-order valence-corrected chi connectivity index (χ0v) is 15.5. The average molecular weight is 366 g/mol. The SMILES string of the molecule is CC1CNC(=O)C(CC(=O)NC2(CO)CCCC2)CC=CCCC(=O)O1. The molecule has 146 valence electrons. The molecule has 1 heterocycles. The quantitative estimate of drug-likeness (QED) is 0.512. The largest absolute Gasteiger partial charge is 0.461 e. The lowest BCUT2D eigenvalue weighted by Gasteiger charge is -2.29. The van der Waals surface area contributed by atoms with Gasteiger partial charge in [-0.2, -0.15) is 0 Å². The minimum Gasteiger partial charge on any atom is -0.461 e. The predicted octanol–water partition coefficient (Wildman–Crippen LogP) is 1.20. The Kier molecular flexibility index (Phi) is 7.63. The number of esters is 1. The topological polar surface area (TPSA) is 105 Å². The molecule has 0 bridgehead atoms. The molecule has 3 N–H and O–H groups in total. The van der Waals surface area contributed by atoms with E-state index in [0.717, 1.165) is 25.7 Å². The van der Waals surface area contributed by atoms with Crippen LogP contribution in [0.15, 0.2) is 12.2 Å². The maximum atomic E-state index is 12.5. The lowest BCUT2D eigenvalue weighted by molar-refractivity contribution is -0.148. The molecule has 0 aromatic heterocycles. The Labute approximate surface area is 154 Å². The monoisotopic (exact) mass is 366 g/mol. The van der Waals surface area contributed by atoms with Crippen molar-refractivity contribution in [3.63, 3.8) is 0 Å². The molecule has 2 amide bonds. The molecular formula is C19H30N2O5. The Morgan fingerprint density at radius 1 is 1.35 bits per heavy atom. The Hall–Kier alpha value is -1.89. The highest BCUT2D eigenvalue weighted by Crippen LogP contribution is 2.29. The van der Waals surface area contributed by atoms with Crippen LogP contribution in [0.5, 0.6) is 0 Å². The minimum atomic E-state index is -0.530. The molecular weight excluding hydrogens is 336 g/mol. The number of amides is 2.